The molecule has 1 aromatic heterocycles. The van der Waals surface area contributed by atoms with Crippen LogP contribution in [0.1, 0.15) is 18.4 Å². The van der Waals surface area contributed by atoms with Gasteiger partial charge < -0.3 is 5.32 Å². The predicted molar refractivity (Wildman–Crippen MR) is 81.6 cm³/mol. The van der Waals surface area contributed by atoms with E-state index in [1.807, 2.05) is 37.3 Å². The highest BCUT2D eigenvalue weighted by atomic mass is 32.2. The SMILES string of the molecule is CNc1ncc(S(=O)(=O)NCC(C)c2ccccc2)cn1. The molecule has 0 aliphatic rings. The first kappa shape index (κ1) is 15.4. The number of nitrogens with one attached hydrogen (secondary N) is 2. The van der Waals surface area contributed by atoms with Crippen molar-refractivity contribution in [3.05, 3.63) is 48.3 Å². The summed E-state index contributed by atoms with van der Waals surface area (Å²) in [5, 5.41) is 2.74. The largest absolute Gasteiger partial charge is 0.357 e. The van der Waals surface area contributed by atoms with Crippen LogP contribution in [0.5, 0.6) is 0 Å². The molecule has 112 valence electrons. The minimum absolute atomic E-state index is 0.0572. The van der Waals surface area contributed by atoms with E-state index in [2.05, 4.69) is 20.0 Å². The normalized spacial score (nSPS) is 12.9. The van der Waals surface area contributed by atoms with Gasteiger partial charge >= 0.3 is 0 Å². The number of hydrogen-bond donors (Lipinski definition) is 2. The molecule has 0 aliphatic carbocycles. The molecule has 0 fully saturated rings. The summed E-state index contributed by atoms with van der Waals surface area (Å²) in [6.07, 6.45) is 2.57. The Bertz CT molecular complexity index is 672. The third-order valence-corrected chi connectivity index (χ3v) is 4.49. The van der Waals surface area contributed by atoms with Crippen molar-refractivity contribution in [1.29, 1.82) is 0 Å². The van der Waals surface area contributed by atoms with Crippen molar-refractivity contribution in [2.24, 2.45) is 0 Å². The number of anilines is 1. The van der Waals surface area contributed by atoms with Crippen LogP contribution in [0.25, 0.3) is 0 Å². The van der Waals surface area contributed by atoms with Gasteiger partial charge in [-0.2, -0.15) is 0 Å². The highest BCUT2D eigenvalue weighted by Crippen LogP contribution is 2.14. The van der Waals surface area contributed by atoms with Gasteiger partial charge in [0.15, 0.2) is 0 Å². The Morgan fingerprint density at radius 3 is 2.33 bits per heavy atom. The molecule has 2 rings (SSSR count). The summed E-state index contributed by atoms with van der Waals surface area (Å²) in [5.74, 6) is 0.463. The molecule has 21 heavy (non-hydrogen) atoms. The zero-order valence-corrected chi connectivity index (χ0v) is 12.8. The summed E-state index contributed by atoms with van der Waals surface area (Å²) < 4.78 is 26.9. The van der Waals surface area contributed by atoms with E-state index < -0.39 is 10.0 Å². The Labute approximate surface area is 124 Å². The monoisotopic (exact) mass is 306 g/mol. The molecule has 1 heterocycles. The van der Waals surface area contributed by atoms with Gasteiger partial charge in [0, 0.05) is 13.6 Å². The van der Waals surface area contributed by atoms with Crippen LogP contribution in [0, 0.1) is 0 Å². The average molecular weight is 306 g/mol. The third kappa shape index (κ3) is 3.99. The summed E-state index contributed by atoms with van der Waals surface area (Å²) in [7, 11) is -1.92. The van der Waals surface area contributed by atoms with E-state index >= 15 is 0 Å². The third-order valence-electron chi connectivity index (χ3n) is 3.11. The van der Waals surface area contributed by atoms with Crippen LogP contribution < -0.4 is 10.0 Å². The van der Waals surface area contributed by atoms with Gasteiger partial charge in [-0.05, 0) is 11.5 Å². The van der Waals surface area contributed by atoms with E-state index in [4.69, 9.17) is 0 Å². The molecule has 0 spiro atoms. The number of sulfonamides is 1. The van der Waals surface area contributed by atoms with E-state index in [0.717, 1.165) is 5.56 Å². The maximum Gasteiger partial charge on any atom is 0.243 e. The molecule has 0 aliphatic heterocycles. The fourth-order valence-corrected chi connectivity index (χ4v) is 2.82. The second kappa shape index (κ2) is 6.64. The summed E-state index contributed by atoms with van der Waals surface area (Å²) in [6, 6.07) is 9.75. The Morgan fingerprint density at radius 1 is 1.14 bits per heavy atom. The minimum Gasteiger partial charge on any atom is -0.357 e. The van der Waals surface area contributed by atoms with E-state index in [9.17, 15) is 8.42 Å². The van der Waals surface area contributed by atoms with Gasteiger partial charge in [-0.3, -0.25) is 0 Å². The number of nitrogens with zero attached hydrogens (tertiary/aromatic N) is 2. The average Bonchev–Trinajstić information content (AvgIpc) is 2.53. The number of rotatable bonds is 6. The molecule has 2 aromatic rings. The molecule has 0 saturated carbocycles. The predicted octanol–water partition coefficient (Wildman–Crippen LogP) is 1.60. The van der Waals surface area contributed by atoms with Crippen molar-refractivity contribution in [3.8, 4) is 0 Å². The van der Waals surface area contributed by atoms with Crippen molar-refractivity contribution < 1.29 is 8.42 Å². The lowest BCUT2D eigenvalue weighted by molar-refractivity contribution is 0.574. The summed E-state index contributed by atoms with van der Waals surface area (Å²) in [4.78, 5) is 7.87. The van der Waals surface area contributed by atoms with Crippen molar-refractivity contribution in [2.45, 2.75) is 17.7 Å². The Morgan fingerprint density at radius 2 is 1.76 bits per heavy atom. The fourth-order valence-electron chi connectivity index (χ4n) is 1.80. The van der Waals surface area contributed by atoms with Crippen molar-refractivity contribution in [2.75, 3.05) is 18.9 Å². The van der Waals surface area contributed by atoms with Crippen molar-refractivity contribution in [3.63, 3.8) is 0 Å². The lowest BCUT2D eigenvalue weighted by atomic mass is 10.0. The van der Waals surface area contributed by atoms with E-state index in [1.54, 1.807) is 7.05 Å². The highest BCUT2D eigenvalue weighted by Gasteiger charge is 2.16. The molecule has 2 N–H and O–H groups in total. The van der Waals surface area contributed by atoms with Gasteiger partial charge in [0.25, 0.3) is 0 Å². The molecule has 6 nitrogen and oxygen atoms in total. The molecule has 0 amide bonds. The maximum atomic E-state index is 12.2. The Kier molecular flexibility index (Phi) is 4.87. The van der Waals surface area contributed by atoms with E-state index in [-0.39, 0.29) is 10.8 Å². The van der Waals surface area contributed by atoms with Crippen molar-refractivity contribution in [1.82, 2.24) is 14.7 Å². The summed E-state index contributed by atoms with van der Waals surface area (Å²) >= 11 is 0. The van der Waals surface area contributed by atoms with Gasteiger partial charge in [-0.25, -0.2) is 23.1 Å². The standard InChI is InChI=1S/C14H18N4O2S/c1-11(12-6-4-3-5-7-12)8-18-21(19,20)13-9-16-14(15-2)17-10-13/h3-7,9-11,18H,8H2,1-2H3,(H,15,16,17). The zero-order chi connectivity index (χ0) is 15.3. The molecular formula is C14H18N4O2S. The van der Waals surface area contributed by atoms with Crippen molar-refractivity contribution >= 4 is 16.0 Å². The molecule has 1 atom stereocenters. The fraction of sp³-hybridized carbons (Fsp3) is 0.286. The minimum atomic E-state index is -3.59. The van der Waals surface area contributed by atoms with Crippen LogP contribution >= 0.6 is 0 Å². The van der Waals surface area contributed by atoms with Crippen LogP contribution in [0.3, 0.4) is 0 Å². The molecule has 0 saturated heterocycles. The Balaban J connectivity index is 2.04. The quantitative estimate of drug-likeness (QED) is 0.847. The summed E-state index contributed by atoms with van der Waals surface area (Å²) in [5.41, 5.74) is 1.09. The molecular weight excluding hydrogens is 288 g/mol. The number of hydrogen-bond acceptors (Lipinski definition) is 5. The van der Waals surface area contributed by atoms with Gasteiger partial charge in [-0.15, -0.1) is 0 Å². The van der Waals surface area contributed by atoms with Gasteiger partial charge in [0.05, 0.1) is 12.4 Å². The second-order valence-electron chi connectivity index (χ2n) is 4.66. The number of aromatic nitrogens is 2. The van der Waals surface area contributed by atoms with Gasteiger partial charge in [-0.1, -0.05) is 37.3 Å². The second-order valence-corrected chi connectivity index (χ2v) is 6.42. The first-order chi connectivity index (χ1) is 10.0. The molecule has 7 heteroatoms. The molecule has 1 aromatic carbocycles. The molecule has 0 bridgehead atoms. The smallest absolute Gasteiger partial charge is 0.243 e. The van der Waals surface area contributed by atoms with Gasteiger partial charge in [0.2, 0.25) is 16.0 Å². The number of benzene rings is 1. The lowest BCUT2D eigenvalue weighted by Gasteiger charge is -2.13. The lowest BCUT2D eigenvalue weighted by Crippen LogP contribution is -2.28. The van der Waals surface area contributed by atoms with E-state index in [1.165, 1.54) is 12.4 Å². The van der Waals surface area contributed by atoms with Crippen LogP contribution in [-0.2, 0) is 10.0 Å². The zero-order valence-electron chi connectivity index (χ0n) is 11.9. The highest BCUT2D eigenvalue weighted by molar-refractivity contribution is 7.89. The molecule has 1 unspecified atom stereocenters. The van der Waals surface area contributed by atoms with Crippen LogP contribution in [0.15, 0.2) is 47.6 Å². The van der Waals surface area contributed by atoms with Crippen LogP contribution in [0.2, 0.25) is 0 Å². The first-order valence-corrected chi connectivity index (χ1v) is 8.05. The van der Waals surface area contributed by atoms with E-state index in [0.29, 0.717) is 12.5 Å². The first-order valence-electron chi connectivity index (χ1n) is 6.57. The van der Waals surface area contributed by atoms with Crippen LogP contribution in [-0.4, -0.2) is 32.0 Å². The van der Waals surface area contributed by atoms with Gasteiger partial charge in [0.1, 0.15) is 4.90 Å². The molecule has 0 radical (unpaired) electrons. The Hall–Kier alpha value is -1.99. The summed E-state index contributed by atoms with van der Waals surface area (Å²) in [6.45, 7) is 2.29. The maximum absolute atomic E-state index is 12.2. The van der Waals surface area contributed by atoms with Crippen LogP contribution in [0.4, 0.5) is 5.95 Å². The topological polar surface area (TPSA) is 84.0 Å².